The fraction of sp³-hybridized carbons (Fsp3) is 0.450. The van der Waals surface area contributed by atoms with Crippen molar-refractivity contribution in [2.24, 2.45) is 5.92 Å². The summed E-state index contributed by atoms with van der Waals surface area (Å²) < 4.78 is 0.409. The van der Waals surface area contributed by atoms with Crippen molar-refractivity contribution in [3.05, 3.63) is 45.0 Å². The average molecular weight is 483 g/mol. The monoisotopic (exact) mass is 481 g/mol. The Balaban J connectivity index is 1.51. The number of amides is 2. The maximum atomic E-state index is 12.5. The summed E-state index contributed by atoms with van der Waals surface area (Å²) in [4.78, 5) is 27.3. The van der Waals surface area contributed by atoms with Crippen LogP contribution in [0.25, 0.3) is 0 Å². The Bertz CT molecular complexity index is 864. The van der Waals surface area contributed by atoms with Crippen LogP contribution in [0.2, 0.25) is 5.02 Å². The van der Waals surface area contributed by atoms with E-state index < -0.39 is 0 Å². The number of likely N-dealkylation sites (tertiary alicyclic amines) is 1. The number of aromatic amines is 1. The van der Waals surface area contributed by atoms with Crippen LogP contribution < -0.4 is 10.6 Å². The molecule has 7 nitrogen and oxygen atoms in total. The second-order valence-corrected chi connectivity index (χ2v) is 8.32. The lowest BCUT2D eigenvalue weighted by molar-refractivity contribution is 0.0941. The van der Waals surface area contributed by atoms with E-state index in [1.807, 2.05) is 0 Å². The summed E-state index contributed by atoms with van der Waals surface area (Å²) in [5.41, 5.74) is 0.552. The highest BCUT2D eigenvalue weighted by Gasteiger charge is 2.21. The van der Waals surface area contributed by atoms with Crippen LogP contribution in [0.5, 0.6) is 0 Å². The molecule has 0 radical (unpaired) electrons. The minimum atomic E-state index is -0.384. The Kier molecular flexibility index (Phi) is 7.69. The van der Waals surface area contributed by atoms with Crippen LogP contribution in [-0.2, 0) is 0 Å². The van der Waals surface area contributed by atoms with Gasteiger partial charge in [0.2, 0.25) is 0 Å². The third-order valence-electron chi connectivity index (χ3n) is 5.27. The van der Waals surface area contributed by atoms with Crippen molar-refractivity contribution in [3.8, 4) is 0 Å². The van der Waals surface area contributed by atoms with Gasteiger partial charge in [-0.25, -0.2) is 0 Å². The Morgan fingerprint density at radius 1 is 1.28 bits per heavy atom. The van der Waals surface area contributed by atoms with Crippen LogP contribution >= 0.6 is 27.5 Å². The van der Waals surface area contributed by atoms with Gasteiger partial charge in [0.1, 0.15) is 5.82 Å². The maximum absolute atomic E-state index is 12.5. The second kappa shape index (κ2) is 10.2. The van der Waals surface area contributed by atoms with Crippen molar-refractivity contribution in [2.45, 2.75) is 26.2 Å². The van der Waals surface area contributed by atoms with Gasteiger partial charge >= 0.3 is 0 Å². The number of nitrogens with one attached hydrogen (secondary N) is 3. The molecular formula is C20H25BrClN5O2. The number of anilines is 1. The molecule has 1 aliphatic heterocycles. The summed E-state index contributed by atoms with van der Waals surface area (Å²) in [6.45, 7) is 6.17. The van der Waals surface area contributed by atoms with E-state index in [1.54, 1.807) is 24.3 Å². The fourth-order valence-corrected chi connectivity index (χ4v) is 4.13. The minimum absolute atomic E-state index is 0.209. The lowest BCUT2D eigenvalue weighted by Gasteiger charge is -2.30. The normalized spacial score (nSPS) is 15.3. The molecule has 0 unspecified atom stereocenters. The number of carbonyl (C=O) groups excluding carboxylic acids is 2. The Labute approximate surface area is 183 Å². The predicted molar refractivity (Wildman–Crippen MR) is 117 cm³/mol. The van der Waals surface area contributed by atoms with E-state index in [2.05, 4.69) is 48.6 Å². The highest BCUT2D eigenvalue weighted by molar-refractivity contribution is 9.10. The largest absolute Gasteiger partial charge is 0.351 e. The van der Waals surface area contributed by atoms with Crippen molar-refractivity contribution >= 4 is 45.2 Å². The van der Waals surface area contributed by atoms with E-state index in [0.29, 0.717) is 33.3 Å². The van der Waals surface area contributed by atoms with Gasteiger partial charge in [-0.2, -0.15) is 5.10 Å². The van der Waals surface area contributed by atoms with Crippen LogP contribution in [0.15, 0.2) is 28.7 Å². The molecule has 1 aromatic carbocycles. The molecule has 0 atom stereocenters. The minimum Gasteiger partial charge on any atom is -0.351 e. The number of nitrogens with zero attached hydrogens (tertiary/aromatic N) is 2. The van der Waals surface area contributed by atoms with Crippen LogP contribution in [-0.4, -0.2) is 53.1 Å². The first-order chi connectivity index (χ1) is 14.0. The van der Waals surface area contributed by atoms with Crippen molar-refractivity contribution in [1.82, 2.24) is 20.4 Å². The Hall–Kier alpha value is -1.90. The van der Waals surface area contributed by atoms with Gasteiger partial charge in [-0.1, -0.05) is 30.7 Å². The van der Waals surface area contributed by atoms with Crippen molar-refractivity contribution in [2.75, 3.05) is 31.5 Å². The number of aromatic nitrogens is 2. The quantitative estimate of drug-likeness (QED) is 0.558. The summed E-state index contributed by atoms with van der Waals surface area (Å²) in [6, 6.07) is 6.75. The molecule has 1 aliphatic rings. The van der Waals surface area contributed by atoms with E-state index >= 15 is 0 Å². The van der Waals surface area contributed by atoms with Gasteiger partial charge in [-0.05, 0) is 72.9 Å². The predicted octanol–water partition coefficient (Wildman–Crippen LogP) is 3.93. The van der Waals surface area contributed by atoms with Gasteiger partial charge in [0.25, 0.3) is 11.8 Å². The third kappa shape index (κ3) is 5.58. The number of halogens is 2. The smallest absolute Gasteiger partial charge is 0.273 e. The van der Waals surface area contributed by atoms with Gasteiger partial charge in [-0.3, -0.25) is 14.7 Å². The number of rotatable bonds is 7. The first-order valence-electron chi connectivity index (χ1n) is 9.79. The molecule has 1 saturated heterocycles. The Morgan fingerprint density at radius 2 is 2.00 bits per heavy atom. The molecule has 0 spiro atoms. The first kappa shape index (κ1) is 21.8. The first-order valence-corrected chi connectivity index (χ1v) is 11.0. The topological polar surface area (TPSA) is 90.1 Å². The zero-order chi connectivity index (χ0) is 20.8. The van der Waals surface area contributed by atoms with Crippen molar-refractivity contribution in [1.29, 1.82) is 0 Å². The SMILES string of the molecule is CCN1CCC(CCNC(=O)c2n[nH]c(NC(=O)c3ccccc3Cl)c2Br)CC1. The lowest BCUT2D eigenvalue weighted by atomic mass is 9.93. The highest BCUT2D eigenvalue weighted by atomic mass is 79.9. The number of benzene rings is 1. The average Bonchev–Trinajstić information content (AvgIpc) is 3.09. The molecule has 29 heavy (non-hydrogen) atoms. The standard InChI is InChI=1S/C20H25BrClN5O2/c1-2-27-11-8-13(9-12-27)7-10-23-20(29)17-16(21)18(26-25-17)24-19(28)14-5-3-4-6-15(14)22/h3-6,13H,2,7-12H2,1H3,(H,23,29)(H2,24,25,26,28). The summed E-state index contributed by atoms with van der Waals surface area (Å²) in [5.74, 6) is 0.292. The molecule has 0 bridgehead atoms. The van der Waals surface area contributed by atoms with E-state index in [1.165, 1.54) is 12.8 Å². The number of hydrogen-bond acceptors (Lipinski definition) is 4. The van der Waals surface area contributed by atoms with Gasteiger partial charge in [0.05, 0.1) is 15.1 Å². The lowest BCUT2D eigenvalue weighted by Crippen LogP contribution is -2.35. The van der Waals surface area contributed by atoms with E-state index in [9.17, 15) is 9.59 Å². The zero-order valence-corrected chi connectivity index (χ0v) is 18.6. The Morgan fingerprint density at radius 3 is 2.69 bits per heavy atom. The molecule has 3 N–H and O–H groups in total. The zero-order valence-electron chi connectivity index (χ0n) is 16.3. The van der Waals surface area contributed by atoms with Gasteiger partial charge in [0, 0.05) is 6.54 Å². The van der Waals surface area contributed by atoms with E-state index in [-0.39, 0.29) is 17.5 Å². The molecule has 2 heterocycles. The van der Waals surface area contributed by atoms with Crippen molar-refractivity contribution in [3.63, 3.8) is 0 Å². The molecule has 156 valence electrons. The molecule has 3 rings (SSSR count). The van der Waals surface area contributed by atoms with Gasteiger partial charge in [0.15, 0.2) is 5.69 Å². The summed E-state index contributed by atoms with van der Waals surface area (Å²) in [6.07, 6.45) is 3.31. The van der Waals surface area contributed by atoms with Crippen LogP contribution in [0.3, 0.4) is 0 Å². The molecule has 1 fully saturated rings. The van der Waals surface area contributed by atoms with Gasteiger partial charge < -0.3 is 15.5 Å². The highest BCUT2D eigenvalue weighted by Crippen LogP contribution is 2.25. The van der Waals surface area contributed by atoms with Crippen LogP contribution in [0, 0.1) is 5.92 Å². The summed E-state index contributed by atoms with van der Waals surface area (Å²) in [5, 5.41) is 12.7. The van der Waals surface area contributed by atoms with E-state index in [0.717, 1.165) is 26.1 Å². The molecule has 2 aromatic rings. The van der Waals surface area contributed by atoms with Crippen LogP contribution in [0.1, 0.15) is 47.0 Å². The summed E-state index contributed by atoms with van der Waals surface area (Å²) >= 11 is 9.40. The van der Waals surface area contributed by atoms with Gasteiger partial charge in [-0.15, -0.1) is 0 Å². The number of piperidine rings is 1. The number of hydrogen-bond donors (Lipinski definition) is 3. The molecule has 1 aromatic heterocycles. The van der Waals surface area contributed by atoms with Crippen molar-refractivity contribution < 1.29 is 9.59 Å². The molecule has 0 aliphatic carbocycles. The molecule has 2 amide bonds. The third-order valence-corrected chi connectivity index (χ3v) is 6.37. The number of carbonyl (C=O) groups is 2. The molecule has 9 heteroatoms. The van der Waals surface area contributed by atoms with Crippen LogP contribution in [0.4, 0.5) is 5.82 Å². The fourth-order valence-electron chi connectivity index (χ4n) is 3.45. The molecular weight excluding hydrogens is 458 g/mol. The summed E-state index contributed by atoms with van der Waals surface area (Å²) in [7, 11) is 0. The second-order valence-electron chi connectivity index (χ2n) is 7.12. The van der Waals surface area contributed by atoms with E-state index in [4.69, 9.17) is 11.6 Å². The maximum Gasteiger partial charge on any atom is 0.273 e. The number of H-pyrrole nitrogens is 1. The molecule has 0 saturated carbocycles.